The summed E-state index contributed by atoms with van der Waals surface area (Å²) in [4.78, 5) is 30.7. The number of ether oxygens (including phenoxy) is 1. The van der Waals surface area contributed by atoms with Crippen molar-refractivity contribution in [2.45, 2.75) is 111 Å². The fraction of sp³-hybridized carbons (Fsp3) is 0.528. The lowest BCUT2D eigenvalue weighted by Gasteiger charge is -2.42. The Hall–Kier alpha value is -2.89. The number of aromatic nitrogens is 5. The van der Waals surface area contributed by atoms with Gasteiger partial charge in [0.2, 0.25) is 15.0 Å². The molecule has 18 heteroatoms. The number of thiophene rings is 1. The molecule has 296 valence electrons. The summed E-state index contributed by atoms with van der Waals surface area (Å²) < 4.78 is 77.8. The minimum absolute atomic E-state index is 0.0412. The summed E-state index contributed by atoms with van der Waals surface area (Å²) in [5.74, 6) is 0.355. The highest BCUT2D eigenvalue weighted by molar-refractivity contribution is 14.2. The number of amides is 1. The number of alkyl halides is 3. The maximum atomic E-state index is 14.8. The van der Waals surface area contributed by atoms with Gasteiger partial charge in [-0.25, -0.2) is 27.6 Å². The van der Waals surface area contributed by atoms with Gasteiger partial charge in [0.25, 0.3) is 0 Å². The maximum absolute atomic E-state index is 14.8. The number of hydrogen-bond donors (Lipinski definition) is 0. The first-order valence-electron chi connectivity index (χ1n) is 18.0. The number of aryl methyl sites for hydroxylation is 1. The first kappa shape index (κ1) is 43.8. The fourth-order valence-electron chi connectivity index (χ4n) is 6.80. The van der Waals surface area contributed by atoms with E-state index in [0.29, 0.717) is 50.1 Å². The van der Waals surface area contributed by atoms with Gasteiger partial charge in [-0.2, -0.15) is 18.3 Å². The molecule has 3 atom stereocenters. The smallest absolute Gasteiger partial charge is 0.417 e. The van der Waals surface area contributed by atoms with Crippen molar-refractivity contribution in [3.63, 3.8) is 0 Å². The third-order valence-corrected chi connectivity index (χ3v) is 12.4. The van der Waals surface area contributed by atoms with E-state index in [1.54, 1.807) is 15.4 Å². The Bertz CT molecular complexity index is 2240. The van der Waals surface area contributed by atoms with Crippen LogP contribution >= 0.6 is 39.8 Å². The zero-order chi connectivity index (χ0) is 40.5. The van der Waals surface area contributed by atoms with E-state index in [2.05, 4.69) is 42.1 Å². The molecule has 1 amide bonds. The minimum atomic E-state index is -4.69. The zero-order valence-electron chi connectivity index (χ0n) is 32.4. The Morgan fingerprint density at radius 3 is 2.17 bits per heavy atom. The lowest BCUT2D eigenvalue weighted by molar-refractivity contribution is -0.137. The minimum Gasteiger partial charge on any atom is -0.444 e. The molecule has 4 aromatic heterocycles. The lowest BCUT2D eigenvalue weighted by atomic mass is 9.94. The number of fused-ring (bicyclic) bond motifs is 6. The largest absolute Gasteiger partial charge is 0.444 e. The Labute approximate surface area is 333 Å². The molecule has 0 radical (unpaired) electrons. The highest BCUT2D eigenvalue weighted by atomic mass is 127. The molecule has 0 saturated carbocycles. The van der Waals surface area contributed by atoms with Gasteiger partial charge in [0, 0.05) is 41.9 Å². The van der Waals surface area contributed by atoms with Crippen molar-refractivity contribution in [3.8, 4) is 11.3 Å². The Morgan fingerprint density at radius 1 is 1.02 bits per heavy atom. The van der Waals surface area contributed by atoms with Crippen LogP contribution in [0.2, 0.25) is 0 Å². The van der Waals surface area contributed by atoms with Crippen molar-refractivity contribution < 1.29 is 31.1 Å². The maximum Gasteiger partial charge on any atom is 0.417 e. The van der Waals surface area contributed by atoms with E-state index in [9.17, 15) is 26.4 Å². The molecular weight excluding hydrogens is 873 g/mol. The molecule has 6 heterocycles. The summed E-state index contributed by atoms with van der Waals surface area (Å²) in [6, 6.07) is 2.81. The van der Waals surface area contributed by atoms with Gasteiger partial charge in [0.1, 0.15) is 16.2 Å². The number of anilines is 1. The molecule has 5 aromatic rings. The number of rotatable bonds is 4. The molecule has 54 heavy (non-hydrogen) atoms. The van der Waals surface area contributed by atoms with E-state index in [1.807, 2.05) is 67.2 Å². The van der Waals surface area contributed by atoms with Gasteiger partial charge in [0.05, 0.1) is 51.5 Å². The summed E-state index contributed by atoms with van der Waals surface area (Å²) in [6.45, 7) is 19.6. The Balaban J connectivity index is 0.00000103. The number of benzene rings is 1. The van der Waals surface area contributed by atoms with E-state index in [4.69, 9.17) is 4.74 Å². The standard InChI is InChI=1S/C30H30F3IN7O4PS2.3C2H6/c1-14-10-19-18(11-36-41(19)46-34)20(22(14)30(31,32)33)23-24-17(8-9-35-23)21-25(37-27(48(5,43)44)38-26(21)47-24)39-12-15-6-7-16(13-39)40(15)28(42)45-29(2,3)4;3*1-2/h8-11,15-16,46H,6-7,12-13H2,1-5H3;3*1-2H3. The van der Waals surface area contributed by atoms with Crippen LogP contribution in [-0.4, -0.2) is 80.9 Å². The molecule has 2 saturated heterocycles. The lowest BCUT2D eigenvalue weighted by Crippen LogP contribution is -2.57. The number of halogens is 4. The van der Waals surface area contributed by atoms with Gasteiger partial charge >= 0.3 is 12.3 Å². The molecule has 0 spiro atoms. The number of hydrogen-bond acceptors (Lipinski definition) is 10. The molecule has 2 fully saturated rings. The third kappa shape index (κ3) is 8.43. The van der Waals surface area contributed by atoms with E-state index in [-0.39, 0.29) is 40.4 Å². The van der Waals surface area contributed by atoms with Crippen molar-refractivity contribution in [1.82, 2.24) is 29.4 Å². The summed E-state index contributed by atoms with van der Waals surface area (Å²) >= 11 is 3.21. The van der Waals surface area contributed by atoms with Crippen LogP contribution < -0.4 is 4.90 Å². The molecule has 2 aliphatic rings. The summed E-state index contributed by atoms with van der Waals surface area (Å²) in [5, 5.41) is 5.37. The molecule has 0 aliphatic carbocycles. The third-order valence-electron chi connectivity index (χ3n) is 8.60. The van der Waals surface area contributed by atoms with Gasteiger partial charge in [-0.1, -0.05) is 41.5 Å². The van der Waals surface area contributed by atoms with E-state index in [1.165, 1.54) is 25.4 Å². The Kier molecular flexibility index (Phi) is 13.9. The predicted octanol–water partition coefficient (Wildman–Crippen LogP) is 10.4. The summed E-state index contributed by atoms with van der Waals surface area (Å²) in [6.07, 6.45) is 0.471. The van der Waals surface area contributed by atoms with Gasteiger partial charge in [-0.3, -0.25) is 9.88 Å². The molecule has 2 aliphatic heterocycles. The number of piperazine rings is 1. The zero-order valence-corrected chi connectivity index (χ0v) is 37.2. The van der Waals surface area contributed by atoms with Crippen LogP contribution in [-0.2, 0) is 20.8 Å². The second kappa shape index (κ2) is 17.1. The van der Waals surface area contributed by atoms with Crippen LogP contribution in [0, 0.1) is 6.92 Å². The van der Waals surface area contributed by atoms with E-state index < -0.39 is 33.3 Å². The molecule has 3 unspecified atom stereocenters. The van der Waals surface area contributed by atoms with Gasteiger partial charge in [-0.05, 0) is 80.3 Å². The molecule has 11 nitrogen and oxygen atoms in total. The average Bonchev–Trinajstić information content (AvgIpc) is 3.79. The quantitative estimate of drug-likeness (QED) is 0.0985. The molecule has 7 rings (SSSR count). The highest BCUT2D eigenvalue weighted by Crippen LogP contribution is 2.49. The molecule has 2 bridgehead atoms. The normalized spacial score (nSPS) is 17.3. The first-order chi connectivity index (χ1) is 25.5. The van der Waals surface area contributed by atoms with Crippen LogP contribution in [0.3, 0.4) is 0 Å². The number of pyridine rings is 1. The molecule has 1 aromatic carbocycles. The van der Waals surface area contributed by atoms with Crippen LogP contribution in [0.4, 0.5) is 23.8 Å². The number of carbonyl (C=O) groups excluding carboxylic acids is 1. The second-order valence-corrected chi connectivity index (χ2v) is 18.1. The predicted molar refractivity (Wildman–Crippen MR) is 223 cm³/mol. The van der Waals surface area contributed by atoms with Gasteiger partial charge < -0.3 is 9.64 Å². The average molecular weight is 922 g/mol. The van der Waals surface area contributed by atoms with Crippen LogP contribution in [0.5, 0.6) is 0 Å². The SMILES string of the molecule is CC.CC.CC.Cc1cc2c(cnn2PI)c(-c2nccc3c2sc2nc(S(C)(=O)=O)nc(N4CC5CCC(C4)N5C(=O)OC(C)(C)C)c23)c1C(F)(F)F. The number of carbonyl (C=O) groups is 1. The first-order valence-corrected chi connectivity index (χ1v) is 24.7. The summed E-state index contributed by atoms with van der Waals surface area (Å²) in [7, 11) is -3.87. The van der Waals surface area contributed by atoms with Gasteiger partial charge in [0.15, 0.2) is 0 Å². The van der Waals surface area contributed by atoms with Crippen molar-refractivity contribution in [3.05, 3.63) is 35.7 Å². The van der Waals surface area contributed by atoms with Crippen molar-refractivity contribution in [2.75, 3.05) is 24.2 Å². The van der Waals surface area contributed by atoms with Crippen molar-refractivity contribution in [2.24, 2.45) is 0 Å². The van der Waals surface area contributed by atoms with Gasteiger partial charge in [-0.15, -0.1) is 11.3 Å². The van der Waals surface area contributed by atoms with E-state index in [0.717, 1.165) is 30.4 Å². The monoisotopic (exact) mass is 921 g/mol. The van der Waals surface area contributed by atoms with E-state index >= 15 is 0 Å². The topological polar surface area (TPSA) is 123 Å². The summed E-state index contributed by atoms with van der Waals surface area (Å²) in [5.41, 5.74) is -0.850. The fourth-order valence-corrected chi connectivity index (χ4v) is 10.1. The Morgan fingerprint density at radius 2 is 1.63 bits per heavy atom. The van der Waals surface area contributed by atoms with Crippen molar-refractivity contribution in [1.29, 1.82) is 0 Å². The molecule has 0 N–H and O–H groups in total. The van der Waals surface area contributed by atoms with Crippen LogP contribution in [0.25, 0.3) is 42.5 Å². The van der Waals surface area contributed by atoms with Crippen LogP contribution in [0.1, 0.15) is 86.3 Å². The number of nitrogens with zero attached hydrogens (tertiary/aromatic N) is 7. The second-order valence-electron chi connectivity index (χ2n) is 13.1. The highest BCUT2D eigenvalue weighted by Gasteiger charge is 2.45. The van der Waals surface area contributed by atoms with Crippen molar-refractivity contribution >= 4 is 92.7 Å². The van der Waals surface area contributed by atoms with Crippen LogP contribution in [0.15, 0.2) is 29.7 Å². The molecular formula is C36H48F3IN7O4PS2. The number of sulfone groups is 1.